The fourth-order valence-corrected chi connectivity index (χ4v) is 2.59. The van der Waals surface area contributed by atoms with E-state index in [1.165, 1.54) is 0 Å². The monoisotopic (exact) mass is 344 g/mol. The van der Waals surface area contributed by atoms with E-state index in [-0.39, 0.29) is 5.75 Å². The van der Waals surface area contributed by atoms with Crippen molar-refractivity contribution in [1.82, 2.24) is 4.98 Å². The summed E-state index contributed by atoms with van der Waals surface area (Å²) < 4.78 is 11.0. The highest BCUT2D eigenvalue weighted by Gasteiger charge is 2.09. The fourth-order valence-electron chi connectivity index (χ4n) is 2.59. The SMILES string of the molecule is COc1ccc(-c2nc3cc(N=Cc4ccccc4O)ccc3o2)cc1. The summed E-state index contributed by atoms with van der Waals surface area (Å²) in [6.45, 7) is 0. The van der Waals surface area contributed by atoms with Gasteiger partial charge in [-0.2, -0.15) is 0 Å². The van der Waals surface area contributed by atoms with Crippen LogP contribution in [0.5, 0.6) is 11.5 Å². The molecular weight excluding hydrogens is 328 g/mol. The van der Waals surface area contributed by atoms with E-state index in [0.29, 0.717) is 17.0 Å². The van der Waals surface area contributed by atoms with Crippen molar-refractivity contribution in [2.45, 2.75) is 0 Å². The normalized spacial score (nSPS) is 11.3. The Morgan fingerprint density at radius 3 is 2.62 bits per heavy atom. The van der Waals surface area contributed by atoms with E-state index in [1.54, 1.807) is 31.5 Å². The highest BCUT2D eigenvalue weighted by atomic mass is 16.5. The standard InChI is InChI=1S/C21H16N2O3/c1-25-17-9-6-14(7-10-17)21-23-18-12-16(8-11-20(18)26-21)22-13-15-4-2-3-5-19(15)24/h2-13,24H,1H3. The largest absolute Gasteiger partial charge is 0.507 e. The molecule has 1 heterocycles. The molecule has 0 aliphatic rings. The number of benzene rings is 3. The third-order valence-electron chi connectivity index (χ3n) is 4.00. The van der Waals surface area contributed by atoms with Crippen LogP contribution in [0.3, 0.4) is 0 Å². The van der Waals surface area contributed by atoms with Crippen molar-refractivity contribution in [2.75, 3.05) is 7.11 Å². The van der Waals surface area contributed by atoms with Crippen LogP contribution >= 0.6 is 0 Å². The lowest BCUT2D eigenvalue weighted by molar-refractivity contribution is 0.415. The number of hydrogen-bond acceptors (Lipinski definition) is 5. The number of aromatic nitrogens is 1. The average Bonchev–Trinajstić information content (AvgIpc) is 3.11. The molecular formula is C21H16N2O3. The van der Waals surface area contributed by atoms with E-state index in [4.69, 9.17) is 9.15 Å². The molecule has 0 aliphatic carbocycles. The minimum atomic E-state index is 0.195. The molecule has 0 unspecified atom stereocenters. The fraction of sp³-hybridized carbons (Fsp3) is 0.0476. The van der Waals surface area contributed by atoms with Crippen molar-refractivity contribution >= 4 is 23.0 Å². The van der Waals surface area contributed by atoms with Gasteiger partial charge in [0.25, 0.3) is 0 Å². The zero-order chi connectivity index (χ0) is 17.9. The van der Waals surface area contributed by atoms with Crippen molar-refractivity contribution in [3.63, 3.8) is 0 Å². The van der Waals surface area contributed by atoms with Crippen LogP contribution in [0.2, 0.25) is 0 Å². The predicted molar refractivity (Wildman–Crippen MR) is 101 cm³/mol. The Hall–Kier alpha value is -3.60. The summed E-state index contributed by atoms with van der Waals surface area (Å²) in [6, 6.07) is 20.1. The van der Waals surface area contributed by atoms with Gasteiger partial charge in [0.1, 0.15) is 17.0 Å². The molecule has 4 rings (SSSR count). The molecule has 0 spiro atoms. The van der Waals surface area contributed by atoms with Crippen molar-refractivity contribution in [3.8, 4) is 23.0 Å². The van der Waals surface area contributed by atoms with Gasteiger partial charge in [-0.3, -0.25) is 4.99 Å². The summed E-state index contributed by atoms with van der Waals surface area (Å²) in [4.78, 5) is 8.95. The second kappa shape index (κ2) is 6.72. The molecule has 0 atom stereocenters. The number of rotatable bonds is 4. The van der Waals surface area contributed by atoms with Gasteiger partial charge in [0.15, 0.2) is 5.58 Å². The van der Waals surface area contributed by atoms with Gasteiger partial charge in [-0.1, -0.05) is 12.1 Å². The Labute approximate surface area is 150 Å². The zero-order valence-electron chi connectivity index (χ0n) is 14.1. The van der Waals surface area contributed by atoms with Crippen LogP contribution in [0.4, 0.5) is 5.69 Å². The summed E-state index contributed by atoms with van der Waals surface area (Å²) in [5.41, 5.74) is 3.68. The number of oxazole rings is 1. The third kappa shape index (κ3) is 3.15. The van der Waals surface area contributed by atoms with Crippen LogP contribution in [0, 0.1) is 0 Å². The average molecular weight is 344 g/mol. The first-order chi connectivity index (χ1) is 12.7. The number of phenolic OH excluding ortho intramolecular Hbond substituents is 1. The number of hydrogen-bond donors (Lipinski definition) is 1. The number of para-hydroxylation sites is 1. The maximum atomic E-state index is 9.80. The molecule has 0 saturated heterocycles. The van der Waals surface area contributed by atoms with E-state index in [2.05, 4.69) is 9.98 Å². The number of fused-ring (bicyclic) bond motifs is 1. The molecule has 1 N–H and O–H groups in total. The number of ether oxygens (including phenoxy) is 1. The number of phenols is 1. The van der Waals surface area contributed by atoms with Gasteiger partial charge in [0, 0.05) is 17.3 Å². The molecule has 5 heteroatoms. The van der Waals surface area contributed by atoms with Crippen molar-refractivity contribution < 1.29 is 14.3 Å². The maximum Gasteiger partial charge on any atom is 0.227 e. The van der Waals surface area contributed by atoms with Gasteiger partial charge in [0.05, 0.1) is 12.8 Å². The first kappa shape index (κ1) is 15.9. The van der Waals surface area contributed by atoms with Gasteiger partial charge in [-0.15, -0.1) is 0 Å². The van der Waals surface area contributed by atoms with Crippen molar-refractivity contribution in [3.05, 3.63) is 72.3 Å². The Morgan fingerprint density at radius 2 is 1.85 bits per heavy atom. The lowest BCUT2D eigenvalue weighted by Gasteiger charge is -1.99. The molecule has 5 nitrogen and oxygen atoms in total. The molecule has 3 aromatic carbocycles. The second-order valence-electron chi connectivity index (χ2n) is 5.72. The number of methoxy groups -OCH3 is 1. The minimum absolute atomic E-state index is 0.195. The van der Waals surface area contributed by atoms with E-state index >= 15 is 0 Å². The Bertz CT molecular complexity index is 1080. The third-order valence-corrected chi connectivity index (χ3v) is 4.00. The quantitative estimate of drug-likeness (QED) is 0.531. The highest BCUT2D eigenvalue weighted by molar-refractivity contribution is 5.87. The summed E-state index contributed by atoms with van der Waals surface area (Å²) >= 11 is 0. The Morgan fingerprint density at radius 1 is 1.04 bits per heavy atom. The van der Waals surface area contributed by atoms with E-state index in [9.17, 15) is 5.11 Å². The molecule has 0 fully saturated rings. The molecule has 0 aliphatic heterocycles. The topological polar surface area (TPSA) is 67.9 Å². The lowest BCUT2D eigenvalue weighted by Crippen LogP contribution is -1.82. The Balaban J connectivity index is 1.64. The second-order valence-corrected chi connectivity index (χ2v) is 5.72. The molecule has 4 aromatic rings. The van der Waals surface area contributed by atoms with Crippen molar-refractivity contribution in [1.29, 1.82) is 0 Å². The number of aliphatic imine (C=N–C) groups is 1. The lowest BCUT2D eigenvalue weighted by atomic mass is 10.2. The first-order valence-corrected chi connectivity index (χ1v) is 8.10. The molecule has 128 valence electrons. The molecule has 0 radical (unpaired) electrons. The molecule has 0 amide bonds. The Kier molecular flexibility index (Phi) is 4.11. The highest BCUT2D eigenvalue weighted by Crippen LogP contribution is 2.28. The van der Waals surface area contributed by atoms with Gasteiger partial charge < -0.3 is 14.3 Å². The number of aromatic hydroxyl groups is 1. The molecule has 26 heavy (non-hydrogen) atoms. The predicted octanol–water partition coefficient (Wildman–Crippen LogP) is 4.96. The maximum absolute atomic E-state index is 9.80. The first-order valence-electron chi connectivity index (χ1n) is 8.10. The smallest absolute Gasteiger partial charge is 0.227 e. The summed E-state index contributed by atoms with van der Waals surface area (Å²) in [5.74, 6) is 1.52. The van der Waals surface area contributed by atoms with Crippen LogP contribution in [0.1, 0.15) is 5.56 Å². The summed E-state index contributed by atoms with van der Waals surface area (Å²) in [6.07, 6.45) is 1.63. The van der Waals surface area contributed by atoms with Crippen LogP contribution in [-0.2, 0) is 0 Å². The summed E-state index contributed by atoms with van der Waals surface area (Å²) in [5, 5.41) is 9.80. The van der Waals surface area contributed by atoms with Gasteiger partial charge >= 0.3 is 0 Å². The van der Waals surface area contributed by atoms with Crippen LogP contribution in [0.15, 0.2) is 76.1 Å². The van der Waals surface area contributed by atoms with Gasteiger partial charge in [-0.05, 0) is 54.6 Å². The van der Waals surface area contributed by atoms with Gasteiger partial charge in [0.2, 0.25) is 5.89 Å². The zero-order valence-corrected chi connectivity index (χ0v) is 14.1. The van der Waals surface area contributed by atoms with E-state index in [1.807, 2.05) is 48.5 Å². The van der Waals surface area contributed by atoms with E-state index in [0.717, 1.165) is 22.5 Å². The van der Waals surface area contributed by atoms with Crippen LogP contribution < -0.4 is 4.74 Å². The van der Waals surface area contributed by atoms with Crippen LogP contribution in [-0.4, -0.2) is 23.4 Å². The minimum Gasteiger partial charge on any atom is -0.507 e. The van der Waals surface area contributed by atoms with Gasteiger partial charge in [-0.25, -0.2) is 4.98 Å². The van der Waals surface area contributed by atoms with Crippen molar-refractivity contribution in [2.24, 2.45) is 4.99 Å². The summed E-state index contributed by atoms with van der Waals surface area (Å²) in [7, 11) is 1.63. The van der Waals surface area contributed by atoms with E-state index < -0.39 is 0 Å². The molecule has 0 saturated carbocycles. The van der Waals surface area contributed by atoms with Crippen LogP contribution in [0.25, 0.3) is 22.6 Å². The number of nitrogens with zero attached hydrogens (tertiary/aromatic N) is 2. The molecule has 1 aromatic heterocycles. The molecule has 0 bridgehead atoms.